The van der Waals surface area contributed by atoms with Gasteiger partial charge in [-0.15, -0.1) is 0 Å². The third-order valence-electron chi connectivity index (χ3n) is 3.47. The molecular weight excluding hydrogens is 344 g/mol. The minimum atomic E-state index is -3.50. The van der Waals surface area contributed by atoms with Gasteiger partial charge in [-0.3, -0.25) is 0 Å². The summed E-state index contributed by atoms with van der Waals surface area (Å²) < 4.78 is 39.7. The fraction of sp³-hybridized carbons (Fsp3) is 0.278. The molecule has 0 amide bonds. The lowest BCUT2D eigenvalue weighted by Gasteiger charge is -2.10. The Bertz CT molecular complexity index is 812. The number of esters is 1. The van der Waals surface area contributed by atoms with E-state index in [0.717, 1.165) is 0 Å². The van der Waals surface area contributed by atoms with Crippen LogP contribution in [0.5, 0.6) is 11.5 Å². The van der Waals surface area contributed by atoms with Gasteiger partial charge in [-0.05, 0) is 36.4 Å². The van der Waals surface area contributed by atoms with E-state index in [9.17, 15) is 13.2 Å². The van der Waals surface area contributed by atoms with Crippen LogP contribution in [0.4, 0.5) is 0 Å². The molecule has 0 spiro atoms. The van der Waals surface area contributed by atoms with E-state index in [1.165, 1.54) is 19.1 Å². The van der Waals surface area contributed by atoms with E-state index in [2.05, 4.69) is 0 Å². The van der Waals surface area contributed by atoms with Crippen molar-refractivity contribution in [1.29, 1.82) is 0 Å². The van der Waals surface area contributed by atoms with Gasteiger partial charge in [-0.1, -0.05) is 19.1 Å². The number of benzene rings is 2. The van der Waals surface area contributed by atoms with Crippen LogP contribution in [0.3, 0.4) is 0 Å². The standard InChI is InChI=1S/C18H20O6S/c1-3-25(20,21)17-7-5-4-6-16(17)18(19)24-13-12-23-15-10-8-14(22-2)9-11-15/h4-11H,3,12-13H2,1-2H3. The molecule has 0 fully saturated rings. The van der Waals surface area contributed by atoms with Gasteiger partial charge in [0.2, 0.25) is 0 Å². The highest BCUT2D eigenvalue weighted by molar-refractivity contribution is 7.91. The average Bonchev–Trinajstić information content (AvgIpc) is 2.65. The van der Waals surface area contributed by atoms with E-state index in [-0.39, 0.29) is 29.4 Å². The highest BCUT2D eigenvalue weighted by Gasteiger charge is 2.21. The van der Waals surface area contributed by atoms with Crippen LogP contribution in [0.1, 0.15) is 17.3 Å². The van der Waals surface area contributed by atoms with Crippen molar-refractivity contribution in [2.45, 2.75) is 11.8 Å². The maximum absolute atomic E-state index is 12.2. The molecule has 134 valence electrons. The highest BCUT2D eigenvalue weighted by atomic mass is 32.2. The Balaban J connectivity index is 1.92. The van der Waals surface area contributed by atoms with Crippen LogP contribution in [-0.4, -0.2) is 40.5 Å². The van der Waals surface area contributed by atoms with Gasteiger partial charge in [-0.25, -0.2) is 13.2 Å². The number of hydrogen-bond donors (Lipinski definition) is 0. The van der Waals surface area contributed by atoms with Crippen molar-refractivity contribution in [3.63, 3.8) is 0 Å². The fourth-order valence-electron chi connectivity index (χ4n) is 2.11. The summed E-state index contributed by atoms with van der Waals surface area (Å²) in [5.41, 5.74) is 0.0359. The van der Waals surface area contributed by atoms with Crippen molar-refractivity contribution in [1.82, 2.24) is 0 Å². The molecule has 0 aliphatic heterocycles. The number of carbonyl (C=O) groups excluding carboxylic acids is 1. The summed E-state index contributed by atoms with van der Waals surface area (Å²) in [5, 5.41) is 0. The number of methoxy groups -OCH3 is 1. The van der Waals surface area contributed by atoms with Crippen LogP contribution >= 0.6 is 0 Å². The summed E-state index contributed by atoms with van der Waals surface area (Å²) in [6.07, 6.45) is 0. The monoisotopic (exact) mass is 364 g/mol. The molecule has 0 saturated heterocycles. The molecule has 2 rings (SSSR count). The van der Waals surface area contributed by atoms with Gasteiger partial charge in [0.1, 0.15) is 24.7 Å². The lowest BCUT2D eigenvalue weighted by Crippen LogP contribution is -2.16. The maximum atomic E-state index is 12.2. The number of rotatable bonds is 8. The first-order valence-electron chi connectivity index (χ1n) is 7.73. The van der Waals surface area contributed by atoms with Crippen LogP contribution in [0.15, 0.2) is 53.4 Å². The molecule has 0 heterocycles. The van der Waals surface area contributed by atoms with Gasteiger partial charge in [0.25, 0.3) is 0 Å². The predicted octanol–water partition coefficient (Wildman–Crippen LogP) is 2.72. The smallest absolute Gasteiger partial charge is 0.339 e. The van der Waals surface area contributed by atoms with Crippen molar-refractivity contribution < 1.29 is 27.4 Å². The molecule has 0 aromatic heterocycles. The second kappa shape index (κ2) is 8.53. The molecule has 25 heavy (non-hydrogen) atoms. The van der Waals surface area contributed by atoms with Gasteiger partial charge in [0, 0.05) is 0 Å². The van der Waals surface area contributed by atoms with E-state index < -0.39 is 15.8 Å². The molecule has 0 N–H and O–H groups in total. The van der Waals surface area contributed by atoms with Gasteiger partial charge in [-0.2, -0.15) is 0 Å². The van der Waals surface area contributed by atoms with Crippen molar-refractivity contribution in [3.05, 3.63) is 54.1 Å². The third-order valence-corrected chi connectivity index (χ3v) is 5.25. The first-order chi connectivity index (χ1) is 12.0. The van der Waals surface area contributed by atoms with E-state index >= 15 is 0 Å². The van der Waals surface area contributed by atoms with Gasteiger partial charge in [0.05, 0.1) is 23.3 Å². The van der Waals surface area contributed by atoms with Crippen LogP contribution in [0.25, 0.3) is 0 Å². The Morgan fingerprint density at radius 3 is 2.24 bits per heavy atom. The average molecular weight is 364 g/mol. The molecule has 0 aliphatic rings. The van der Waals surface area contributed by atoms with Crippen molar-refractivity contribution >= 4 is 15.8 Å². The Hall–Kier alpha value is -2.54. The van der Waals surface area contributed by atoms with Gasteiger partial charge >= 0.3 is 5.97 Å². The van der Waals surface area contributed by atoms with E-state index in [1.807, 2.05) is 0 Å². The van der Waals surface area contributed by atoms with Gasteiger partial charge in [0.15, 0.2) is 9.84 Å². The van der Waals surface area contributed by atoms with Crippen LogP contribution in [-0.2, 0) is 14.6 Å². The molecule has 0 atom stereocenters. The van der Waals surface area contributed by atoms with E-state index in [0.29, 0.717) is 11.5 Å². The summed E-state index contributed by atoms with van der Waals surface area (Å²) >= 11 is 0. The number of sulfone groups is 1. The second-order valence-corrected chi connectivity index (χ2v) is 7.31. The molecule has 2 aromatic rings. The highest BCUT2D eigenvalue weighted by Crippen LogP contribution is 2.19. The number of ether oxygens (including phenoxy) is 3. The Morgan fingerprint density at radius 2 is 1.60 bits per heavy atom. The molecule has 0 saturated carbocycles. The predicted molar refractivity (Wildman–Crippen MR) is 92.9 cm³/mol. The molecule has 7 heteroatoms. The zero-order valence-corrected chi connectivity index (χ0v) is 14.9. The van der Waals surface area contributed by atoms with Crippen LogP contribution in [0, 0.1) is 0 Å². The zero-order chi connectivity index (χ0) is 18.3. The summed E-state index contributed by atoms with van der Waals surface area (Å²) in [7, 11) is -1.92. The summed E-state index contributed by atoms with van der Waals surface area (Å²) in [5.74, 6) is 0.557. The quantitative estimate of drug-likeness (QED) is 0.529. The maximum Gasteiger partial charge on any atom is 0.339 e. The SMILES string of the molecule is CCS(=O)(=O)c1ccccc1C(=O)OCCOc1ccc(OC)cc1. The summed E-state index contributed by atoms with van der Waals surface area (Å²) in [6, 6.07) is 13.0. The zero-order valence-electron chi connectivity index (χ0n) is 14.1. The van der Waals surface area contributed by atoms with Gasteiger partial charge < -0.3 is 14.2 Å². The van der Waals surface area contributed by atoms with E-state index in [1.54, 1.807) is 43.5 Å². The minimum Gasteiger partial charge on any atom is -0.497 e. The Kier molecular flexibility index (Phi) is 6.41. The van der Waals surface area contributed by atoms with Crippen LogP contribution in [0.2, 0.25) is 0 Å². The lowest BCUT2D eigenvalue weighted by molar-refractivity contribution is 0.0446. The Labute approximate surface area is 147 Å². The molecule has 6 nitrogen and oxygen atoms in total. The van der Waals surface area contributed by atoms with Crippen LogP contribution < -0.4 is 9.47 Å². The first-order valence-corrected chi connectivity index (χ1v) is 9.39. The number of carbonyl (C=O) groups is 1. The first kappa shape index (κ1) is 18.8. The lowest BCUT2D eigenvalue weighted by atomic mass is 10.2. The second-order valence-electron chi connectivity index (χ2n) is 5.06. The summed E-state index contributed by atoms with van der Waals surface area (Å²) in [4.78, 5) is 12.1. The van der Waals surface area contributed by atoms with E-state index in [4.69, 9.17) is 14.2 Å². The molecule has 0 unspecified atom stereocenters. The van der Waals surface area contributed by atoms with Crippen molar-refractivity contribution in [2.75, 3.05) is 26.1 Å². The van der Waals surface area contributed by atoms with Crippen molar-refractivity contribution in [2.24, 2.45) is 0 Å². The number of hydrogen-bond acceptors (Lipinski definition) is 6. The fourth-order valence-corrected chi connectivity index (χ4v) is 3.19. The summed E-state index contributed by atoms with van der Waals surface area (Å²) in [6.45, 7) is 1.69. The molecule has 2 aromatic carbocycles. The Morgan fingerprint density at radius 1 is 0.960 bits per heavy atom. The third kappa shape index (κ3) is 4.96. The largest absolute Gasteiger partial charge is 0.497 e. The topological polar surface area (TPSA) is 78.9 Å². The molecule has 0 aliphatic carbocycles. The molecule has 0 radical (unpaired) electrons. The normalized spacial score (nSPS) is 11.0. The minimum absolute atomic E-state index is 0.00533. The molecule has 0 bridgehead atoms. The molecular formula is C18H20O6S. The van der Waals surface area contributed by atoms with Crippen molar-refractivity contribution in [3.8, 4) is 11.5 Å².